The summed E-state index contributed by atoms with van der Waals surface area (Å²) in [7, 11) is 2.04. The van der Waals surface area contributed by atoms with E-state index < -0.39 is 0 Å². The number of nitrogens with one attached hydrogen (secondary N) is 2. The van der Waals surface area contributed by atoms with Crippen LogP contribution in [0.25, 0.3) is 0 Å². The molecule has 2 saturated carbocycles. The van der Waals surface area contributed by atoms with Gasteiger partial charge in [-0.25, -0.2) is 0 Å². The molecule has 5 heteroatoms. The predicted octanol–water partition coefficient (Wildman–Crippen LogP) is 4.75. The third kappa shape index (κ3) is 5.77. The molecular formula is C28H49N3O2. The molecule has 7 unspecified atom stereocenters. The van der Waals surface area contributed by atoms with Gasteiger partial charge < -0.3 is 15.5 Å². The number of likely N-dealkylation sites (tertiary alicyclic amines) is 1. The Morgan fingerprint density at radius 3 is 2.55 bits per heavy atom. The molecule has 2 heterocycles. The van der Waals surface area contributed by atoms with Crippen molar-refractivity contribution in [1.82, 2.24) is 15.5 Å². The van der Waals surface area contributed by atoms with Crippen molar-refractivity contribution in [3.63, 3.8) is 0 Å². The van der Waals surface area contributed by atoms with Crippen LogP contribution >= 0.6 is 0 Å². The van der Waals surface area contributed by atoms with Crippen LogP contribution in [0.1, 0.15) is 97.8 Å². The number of unbranched alkanes of at least 4 members (excludes halogenated alkanes) is 1. The summed E-state index contributed by atoms with van der Waals surface area (Å²) in [5, 5.41) is 7.09. The molecule has 7 atom stereocenters. The number of carbonyl (C=O) groups is 2. The van der Waals surface area contributed by atoms with Crippen LogP contribution in [0.3, 0.4) is 0 Å². The first kappa shape index (κ1) is 25.0. The van der Waals surface area contributed by atoms with E-state index in [4.69, 9.17) is 0 Å². The maximum Gasteiger partial charge on any atom is 0.225 e. The van der Waals surface area contributed by atoms with Crippen molar-refractivity contribution in [1.29, 1.82) is 0 Å². The second-order valence-electron chi connectivity index (χ2n) is 12.2. The van der Waals surface area contributed by atoms with E-state index in [0.717, 1.165) is 57.4 Å². The zero-order chi connectivity index (χ0) is 23.5. The van der Waals surface area contributed by atoms with Gasteiger partial charge in [0.05, 0.1) is 0 Å². The Balaban J connectivity index is 1.32. The summed E-state index contributed by atoms with van der Waals surface area (Å²) in [4.78, 5) is 28.6. The van der Waals surface area contributed by atoms with E-state index in [-0.39, 0.29) is 17.9 Å². The number of rotatable bonds is 6. The fraction of sp³-hybridized carbons (Fsp3) is 0.929. The predicted molar refractivity (Wildman–Crippen MR) is 134 cm³/mol. The van der Waals surface area contributed by atoms with E-state index >= 15 is 0 Å². The van der Waals surface area contributed by atoms with Crippen LogP contribution in [0.5, 0.6) is 0 Å². The summed E-state index contributed by atoms with van der Waals surface area (Å²) in [6.07, 6.45) is 13.8. The lowest BCUT2D eigenvalue weighted by Crippen LogP contribution is -2.60. The molecule has 0 radical (unpaired) electrons. The SMILES string of the molecule is CCCCC1CCC(C(=O)NC2CCC(C)C(C3CC4CNC(C)CC4N(C)C3=O)C2)CC1. The topological polar surface area (TPSA) is 61.4 Å². The highest BCUT2D eigenvalue weighted by Crippen LogP contribution is 2.43. The number of piperidine rings is 2. The van der Waals surface area contributed by atoms with Gasteiger partial charge in [0.1, 0.15) is 0 Å². The fourth-order valence-electron chi connectivity index (χ4n) is 7.63. The van der Waals surface area contributed by atoms with Crippen molar-refractivity contribution < 1.29 is 9.59 Å². The first-order valence-corrected chi connectivity index (χ1v) is 14.2. The van der Waals surface area contributed by atoms with Crippen molar-refractivity contribution in [3.05, 3.63) is 0 Å². The van der Waals surface area contributed by atoms with E-state index in [1.807, 2.05) is 7.05 Å². The zero-order valence-electron chi connectivity index (χ0n) is 21.7. The molecule has 4 aliphatic rings. The minimum Gasteiger partial charge on any atom is -0.353 e. The summed E-state index contributed by atoms with van der Waals surface area (Å²) < 4.78 is 0. The quantitative estimate of drug-likeness (QED) is 0.603. The van der Waals surface area contributed by atoms with Crippen LogP contribution in [-0.2, 0) is 9.59 Å². The number of nitrogens with zero attached hydrogens (tertiary/aromatic N) is 1. The van der Waals surface area contributed by atoms with Crippen molar-refractivity contribution >= 4 is 11.8 Å². The van der Waals surface area contributed by atoms with Crippen molar-refractivity contribution in [3.8, 4) is 0 Å². The molecule has 2 saturated heterocycles. The molecule has 2 aliphatic heterocycles. The molecule has 0 spiro atoms. The zero-order valence-corrected chi connectivity index (χ0v) is 21.7. The van der Waals surface area contributed by atoms with Gasteiger partial charge in [-0.15, -0.1) is 0 Å². The van der Waals surface area contributed by atoms with Gasteiger partial charge >= 0.3 is 0 Å². The summed E-state index contributed by atoms with van der Waals surface area (Å²) in [5.74, 6) is 3.34. The molecule has 2 N–H and O–H groups in total. The Morgan fingerprint density at radius 1 is 1.06 bits per heavy atom. The number of hydrogen-bond donors (Lipinski definition) is 2. The summed E-state index contributed by atoms with van der Waals surface area (Å²) in [6, 6.07) is 1.14. The lowest BCUT2D eigenvalue weighted by molar-refractivity contribution is -0.148. The van der Waals surface area contributed by atoms with Crippen LogP contribution < -0.4 is 10.6 Å². The van der Waals surface area contributed by atoms with Gasteiger partial charge in [-0.05, 0) is 88.4 Å². The molecule has 188 valence electrons. The monoisotopic (exact) mass is 459 g/mol. The largest absolute Gasteiger partial charge is 0.353 e. The molecule has 2 aliphatic carbocycles. The molecule has 2 amide bonds. The highest BCUT2D eigenvalue weighted by molar-refractivity contribution is 5.80. The number of hydrogen-bond acceptors (Lipinski definition) is 3. The highest BCUT2D eigenvalue weighted by atomic mass is 16.2. The highest BCUT2D eigenvalue weighted by Gasteiger charge is 2.47. The summed E-state index contributed by atoms with van der Waals surface area (Å²) in [5.41, 5.74) is 0. The molecule has 33 heavy (non-hydrogen) atoms. The maximum atomic E-state index is 13.4. The fourth-order valence-corrected chi connectivity index (χ4v) is 7.63. The Kier molecular flexibility index (Phi) is 8.41. The minimum atomic E-state index is 0.121. The van der Waals surface area contributed by atoms with E-state index in [9.17, 15) is 9.59 Å². The van der Waals surface area contributed by atoms with E-state index in [1.165, 1.54) is 32.1 Å². The Morgan fingerprint density at radius 2 is 1.82 bits per heavy atom. The molecule has 0 aromatic carbocycles. The lowest BCUT2D eigenvalue weighted by atomic mass is 9.65. The van der Waals surface area contributed by atoms with Gasteiger partial charge in [-0.2, -0.15) is 0 Å². The molecule has 4 rings (SSSR count). The molecule has 0 aromatic heterocycles. The van der Waals surface area contributed by atoms with Crippen LogP contribution in [0.4, 0.5) is 0 Å². The second kappa shape index (κ2) is 11.1. The minimum absolute atomic E-state index is 0.121. The van der Waals surface area contributed by atoms with Gasteiger partial charge in [0.2, 0.25) is 11.8 Å². The van der Waals surface area contributed by atoms with E-state index in [0.29, 0.717) is 41.7 Å². The average molecular weight is 460 g/mol. The third-order valence-corrected chi connectivity index (χ3v) is 9.89. The molecule has 0 aromatic rings. The number of amides is 2. The maximum absolute atomic E-state index is 13.4. The lowest BCUT2D eigenvalue weighted by Gasteiger charge is -2.50. The van der Waals surface area contributed by atoms with Gasteiger partial charge in [0.15, 0.2) is 0 Å². The second-order valence-corrected chi connectivity index (χ2v) is 12.2. The van der Waals surface area contributed by atoms with Gasteiger partial charge in [0.25, 0.3) is 0 Å². The van der Waals surface area contributed by atoms with Crippen molar-refractivity contribution in [2.75, 3.05) is 13.6 Å². The third-order valence-electron chi connectivity index (χ3n) is 9.89. The molecule has 0 bridgehead atoms. The van der Waals surface area contributed by atoms with Crippen LogP contribution in [0, 0.1) is 35.5 Å². The molecular weight excluding hydrogens is 410 g/mol. The Hall–Kier alpha value is -1.10. The Bertz CT molecular complexity index is 674. The standard InChI is InChI=1S/C28H49N3O2/c1-5-6-7-20-9-11-21(12-10-20)27(32)30-23-13-8-18(2)24(16-23)25-15-22-17-29-19(3)14-26(22)31(4)28(25)33/h18-26,29H,5-17H2,1-4H3,(H,30,32). The first-order chi connectivity index (χ1) is 15.9. The van der Waals surface area contributed by atoms with E-state index in [1.54, 1.807) is 0 Å². The summed E-state index contributed by atoms with van der Waals surface area (Å²) >= 11 is 0. The van der Waals surface area contributed by atoms with E-state index in [2.05, 4.69) is 36.3 Å². The summed E-state index contributed by atoms with van der Waals surface area (Å²) in [6.45, 7) is 7.86. The average Bonchev–Trinajstić information content (AvgIpc) is 2.82. The number of carbonyl (C=O) groups excluding carboxylic acids is 2. The molecule has 4 fully saturated rings. The smallest absolute Gasteiger partial charge is 0.225 e. The normalized spacial score (nSPS) is 42.0. The van der Waals surface area contributed by atoms with Crippen LogP contribution in [-0.4, -0.2) is 48.4 Å². The number of fused-ring (bicyclic) bond motifs is 1. The van der Waals surface area contributed by atoms with Crippen LogP contribution in [0.2, 0.25) is 0 Å². The van der Waals surface area contributed by atoms with Crippen molar-refractivity contribution in [2.24, 2.45) is 35.5 Å². The van der Waals surface area contributed by atoms with Gasteiger partial charge in [-0.1, -0.05) is 33.1 Å². The van der Waals surface area contributed by atoms with Gasteiger partial charge in [0, 0.05) is 43.6 Å². The van der Waals surface area contributed by atoms with Gasteiger partial charge in [-0.3, -0.25) is 9.59 Å². The first-order valence-electron chi connectivity index (χ1n) is 14.2. The van der Waals surface area contributed by atoms with Crippen molar-refractivity contribution in [2.45, 2.75) is 116 Å². The Labute approximate surface area is 202 Å². The van der Waals surface area contributed by atoms with Crippen LogP contribution in [0.15, 0.2) is 0 Å². The molecule has 5 nitrogen and oxygen atoms in total.